The zero-order chi connectivity index (χ0) is 11.9. The number of carboxylic acids is 1. The Labute approximate surface area is 103 Å². The lowest BCUT2D eigenvalue weighted by atomic mass is 9.61. The Kier molecular flexibility index (Phi) is 2.80. The Morgan fingerprint density at radius 2 is 2.19 bits per heavy atom. The van der Waals surface area contributed by atoms with Crippen molar-refractivity contribution >= 4 is 21.9 Å². The molecule has 3 nitrogen and oxygen atoms in total. The third-order valence-corrected chi connectivity index (χ3v) is 3.84. The van der Waals surface area contributed by atoms with Crippen molar-refractivity contribution in [3.63, 3.8) is 0 Å². The van der Waals surface area contributed by atoms with Crippen LogP contribution in [0.4, 0.5) is 0 Å². The van der Waals surface area contributed by atoms with Crippen LogP contribution in [0.5, 0.6) is 0 Å². The maximum atomic E-state index is 11.4. The summed E-state index contributed by atoms with van der Waals surface area (Å²) in [5.41, 5.74) is 6.87. The highest BCUT2D eigenvalue weighted by Crippen LogP contribution is 2.45. The molecular weight excluding hydrogens is 270 g/mol. The lowest BCUT2D eigenvalue weighted by Crippen LogP contribution is -2.54. The molecule has 0 radical (unpaired) electrons. The molecule has 0 heterocycles. The van der Waals surface area contributed by atoms with Gasteiger partial charge in [0.15, 0.2) is 0 Å². The van der Waals surface area contributed by atoms with Crippen LogP contribution in [0.25, 0.3) is 0 Å². The molecule has 3 N–H and O–H groups in total. The largest absolute Gasteiger partial charge is 0.481 e. The second kappa shape index (κ2) is 3.86. The summed E-state index contributed by atoms with van der Waals surface area (Å²) in [6.45, 7) is 1.94. The lowest BCUT2D eigenvalue weighted by Gasteiger charge is -2.43. The Hall–Kier alpha value is -0.870. The average molecular weight is 284 g/mol. The predicted molar refractivity (Wildman–Crippen MR) is 65.4 cm³/mol. The van der Waals surface area contributed by atoms with E-state index in [0.29, 0.717) is 12.8 Å². The number of hydrogen-bond donors (Lipinski definition) is 2. The number of hydrogen-bond acceptors (Lipinski definition) is 2. The molecule has 1 fully saturated rings. The molecule has 0 amide bonds. The van der Waals surface area contributed by atoms with E-state index >= 15 is 0 Å². The lowest BCUT2D eigenvalue weighted by molar-refractivity contribution is -0.148. The van der Waals surface area contributed by atoms with Crippen molar-refractivity contribution in [3.8, 4) is 0 Å². The first-order chi connectivity index (χ1) is 7.45. The van der Waals surface area contributed by atoms with E-state index in [-0.39, 0.29) is 6.04 Å². The van der Waals surface area contributed by atoms with Gasteiger partial charge in [-0.15, -0.1) is 0 Å². The number of halogens is 1. The van der Waals surface area contributed by atoms with E-state index in [4.69, 9.17) is 5.73 Å². The van der Waals surface area contributed by atoms with Gasteiger partial charge in [0.1, 0.15) is 0 Å². The normalized spacial score (nSPS) is 28.6. The fourth-order valence-electron chi connectivity index (χ4n) is 2.45. The van der Waals surface area contributed by atoms with E-state index in [9.17, 15) is 9.90 Å². The Balaban J connectivity index is 2.48. The minimum atomic E-state index is -0.771. The molecule has 0 atom stereocenters. The van der Waals surface area contributed by atoms with Gasteiger partial charge in [0.25, 0.3) is 0 Å². The molecular formula is C12H14BrNO2. The summed E-state index contributed by atoms with van der Waals surface area (Å²) in [6, 6.07) is 5.77. The van der Waals surface area contributed by atoms with Crippen LogP contribution in [0.15, 0.2) is 22.7 Å². The molecule has 0 unspecified atom stereocenters. The zero-order valence-electron chi connectivity index (χ0n) is 9.03. The molecule has 0 spiro atoms. The van der Waals surface area contributed by atoms with E-state index in [1.807, 2.05) is 25.1 Å². The molecule has 0 saturated heterocycles. The topological polar surface area (TPSA) is 63.3 Å². The summed E-state index contributed by atoms with van der Waals surface area (Å²) < 4.78 is 0.911. The van der Waals surface area contributed by atoms with Crippen LogP contribution in [-0.2, 0) is 10.2 Å². The smallest absolute Gasteiger partial charge is 0.314 e. The van der Waals surface area contributed by atoms with Crippen molar-refractivity contribution in [1.82, 2.24) is 0 Å². The van der Waals surface area contributed by atoms with E-state index in [1.54, 1.807) is 0 Å². The van der Waals surface area contributed by atoms with Gasteiger partial charge < -0.3 is 10.8 Å². The SMILES string of the molecule is Cc1ccc(Br)cc1C1(C(=O)O)CC(N)C1. The number of aliphatic carboxylic acids is 1. The summed E-state index contributed by atoms with van der Waals surface area (Å²) in [7, 11) is 0. The molecule has 86 valence electrons. The summed E-state index contributed by atoms with van der Waals surface area (Å²) in [4.78, 5) is 11.4. The standard InChI is InChI=1S/C12H14BrNO2/c1-7-2-3-8(13)4-10(7)12(11(15)16)5-9(14)6-12/h2-4,9H,5-6,14H2,1H3,(H,15,16). The van der Waals surface area contributed by atoms with Crippen LogP contribution in [0, 0.1) is 6.92 Å². The number of nitrogens with two attached hydrogens (primary N) is 1. The molecule has 0 aromatic heterocycles. The van der Waals surface area contributed by atoms with Gasteiger partial charge in [-0.25, -0.2) is 0 Å². The van der Waals surface area contributed by atoms with Gasteiger partial charge in [-0.1, -0.05) is 22.0 Å². The third kappa shape index (κ3) is 1.66. The second-order valence-corrected chi connectivity index (χ2v) is 5.43. The van der Waals surface area contributed by atoms with E-state index in [2.05, 4.69) is 15.9 Å². The van der Waals surface area contributed by atoms with Crippen LogP contribution in [0.1, 0.15) is 24.0 Å². The Bertz CT molecular complexity index is 439. The average Bonchev–Trinajstić information content (AvgIpc) is 2.16. The van der Waals surface area contributed by atoms with Crippen LogP contribution in [0.2, 0.25) is 0 Å². The molecule has 4 heteroatoms. The summed E-state index contributed by atoms with van der Waals surface area (Å²) in [6.07, 6.45) is 1.05. The fourth-order valence-corrected chi connectivity index (χ4v) is 2.82. The van der Waals surface area contributed by atoms with Crippen molar-refractivity contribution < 1.29 is 9.90 Å². The van der Waals surface area contributed by atoms with Crippen LogP contribution in [-0.4, -0.2) is 17.1 Å². The maximum absolute atomic E-state index is 11.4. The van der Waals surface area contributed by atoms with E-state index in [1.165, 1.54) is 0 Å². The van der Waals surface area contributed by atoms with Gasteiger partial charge in [-0.3, -0.25) is 4.79 Å². The number of benzene rings is 1. The highest BCUT2D eigenvalue weighted by molar-refractivity contribution is 9.10. The highest BCUT2D eigenvalue weighted by Gasteiger charge is 2.51. The molecule has 0 bridgehead atoms. The molecule has 2 rings (SSSR count). The van der Waals surface area contributed by atoms with Crippen LogP contribution < -0.4 is 5.73 Å². The number of carboxylic acid groups (broad SMARTS) is 1. The molecule has 1 aliphatic rings. The zero-order valence-corrected chi connectivity index (χ0v) is 10.6. The van der Waals surface area contributed by atoms with Gasteiger partial charge in [-0.2, -0.15) is 0 Å². The monoisotopic (exact) mass is 283 g/mol. The molecule has 1 aliphatic carbocycles. The number of rotatable bonds is 2. The first-order valence-electron chi connectivity index (χ1n) is 5.21. The number of aryl methyl sites for hydroxylation is 1. The van der Waals surface area contributed by atoms with Crippen molar-refractivity contribution in [2.24, 2.45) is 5.73 Å². The van der Waals surface area contributed by atoms with E-state index < -0.39 is 11.4 Å². The van der Waals surface area contributed by atoms with Gasteiger partial charge in [0.05, 0.1) is 5.41 Å². The van der Waals surface area contributed by atoms with Crippen molar-refractivity contribution in [1.29, 1.82) is 0 Å². The molecule has 1 saturated carbocycles. The number of carbonyl (C=O) groups is 1. The molecule has 0 aliphatic heterocycles. The summed E-state index contributed by atoms with van der Waals surface area (Å²) >= 11 is 3.38. The Morgan fingerprint density at radius 1 is 1.56 bits per heavy atom. The highest BCUT2D eigenvalue weighted by atomic mass is 79.9. The van der Waals surface area contributed by atoms with Gasteiger partial charge in [0, 0.05) is 10.5 Å². The van der Waals surface area contributed by atoms with E-state index in [0.717, 1.165) is 15.6 Å². The van der Waals surface area contributed by atoms with Crippen LogP contribution >= 0.6 is 15.9 Å². The predicted octanol–water partition coefficient (Wildman–Crippen LogP) is 2.20. The molecule has 16 heavy (non-hydrogen) atoms. The van der Waals surface area contributed by atoms with Gasteiger partial charge in [-0.05, 0) is 43.0 Å². The van der Waals surface area contributed by atoms with Crippen LogP contribution in [0.3, 0.4) is 0 Å². The quantitative estimate of drug-likeness (QED) is 0.875. The summed E-state index contributed by atoms with van der Waals surface area (Å²) in [5, 5.41) is 9.40. The summed E-state index contributed by atoms with van der Waals surface area (Å²) in [5.74, 6) is -0.768. The van der Waals surface area contributed by atoms with Gasteiger partial charge in [0.2, 0.25) is 0 Å². The third-order valence-electron chi connectivity index (χ3n) is 3.35. The maximum Gasteiger partial charge on any atom is 0.314 e. The molecule has 1 aromatic carbocycles. The van der Waals surface area contributed by atoms with Crippen molar-refractivity contribution in [2.45, 2.75) is 31.2 Å². The second-order valence-electron chi connectivity index (χ2n) is 4.51. The van der Waals surface area contributed by atoms with Crippen molar-refractivity contribution in [3.05, 3.63) is 33.8 Å². The molecule has 1 aromatic rings. The first-order valence-corrected chi connectivity index (χ1v) is 6.00. The minimum Gasteiger partial charge on any atom is -0.481 e. The Morgan fingerprint density at radius 3 is 2.69 bits per heavy atom. The van der Waals surface area contributed by atoms with Gasteiger partial charge >= 0.3 is 5.97 Å². The minimum absolute atomic E-state index is 0.00878. The first kappa shape index (κ1) is 11.6. The fraction of sp³-hybridized carbons (Fsp3) is 0.417. The van der Waals surface area contributed by atoms with Crippen molar-refractivity contribution in [2.75, 3.05) is 0 Å².